The van der Waals surface area contributed by atoms with Gasteiger partial charge in [-0.25, -0.2) is 4.40 Å². The normalized spacial score (nSPS) is 28.3. The van der Waals surface area contributed by atoms with Crippen molar-refractivity contribution in [2.45, 2.75) is 0 Å². The van der Waals surface area contributed by atoms with E-state index in [1.165, 1.54) is 11.9 Å². The molecule has 0 aromatic heterocycles. The minimum absolute atomic E-state index is 0.0880. The van der Waals surface area contributed by atoms with E-state index >= 15 is 0 Å². The zero-order chi connectivity index (χ0) is 5.11. The van der Waals surface area contributed by atoms with Crippen molar-refractivity contribution in [3.63, 3.8) is 0 Å². The van der Waals surface area contributed by atoms with Crippen LogP contribution in [-0.4, -0.2) is 18.3 Å². The van der Waals surface area contributed by atoms with Crippen LogP contribution in [0.3, 0.4) is 0 Å². The third-order valence-corrected chi connectivity index (χ3v) is 1.57. The molecule has 1 unspecified atom stereocenters. The maximum atomic E-state index is 9.90. The van der Waals surface area contributed by atoms with Gasteiger partial charge in [-0.2, -0.15) is 0 Å². The highest BCUT2D eigenvalue weighted by atomic mass is 32.2. The molecule has 0 saturated heterocycles. The quantitative estimate of drug-likeness (QED) is 0.368. The molecule has 1 heterocycles. The Morgan fingerprint density at radius 1 is 2.00 bits per heavy atom. The fraction of sp³-hybridized carbons (Fsp3) is 0.500. The number of carbonyl (C=O) groups excluding carboxylic acids is 1. The Labute approximate surface area is 46.1 Å². The highest BCUT2D eigenvalue weighted by molar-refractivity contribution is 7.98. The van der Waals surface area contributed by atoms with Crippen molar-refractivity contribution in [3.8, 4) is 0 Å². The largest absolute Gasteiger partial charge is 0.303 e. The molecule has 1 rings (SSSR count). The van der Waals surface area contributed by atoms with Crippen molar-refractivity contribution < 1.29 is 4.79 Å². The molecule has 7 heavy (non-hydrogen) atoms. The standard InChI is InChI=1S/C4H5NOS/c6-2-4-1-5-7-3-4/h1-2,4H,3H2. The summed E-state index contributed by atoms with van der Waals surface area (Å²) in [6, 6.07) is 0. The maximum Gasteiger partial charge on any atom is 0.129 e. The van der Waals surface area contributed by atoms with Crippen LogP contribution in [0.4, 0.5) is 0 Å². The molecule has 2 nitrogen and oxygen atoms in total. The van der Waals surface area contributed by atoms with Crippen LogP contribution in [0.15, 0.2) is 4.40 Å². The number of hydrogen-bond acceptors (Lipinski definition) is 3. The highest BCUT2D eigenvalue weighted by Crippen LogP contribution is 2.13. The Morgan fingerprint density at radius 3 is 3.14 bits per heavy atom. The van der Waals surface area contributed by atoms with Crippen LogP contribution in [0.5, 0.6) is 0 Å². The van der Waals surface area contributed by atoms with Gasteiger partial charge in [-0.15, -0.1) is 0 Å². The molecule has 0 bridgehead atoms. The Kier molecular flexibility index (Phi) is 1.46. The Bertz CT molecular complexity index is 102. The lowest BCUT2D eigenvalue weighted by Crippen LogP contribution is -1.99. The molecule has 0 aromatic rings. The molecule has 0 N–H and O–H groups in total. The number of carbonyl (C=O) groups is 1. The van der Waals surface area contributed by atoms with E-state index in [1.807, 2.05) is 0 Å². The number of rotatable bonds is 1. The fourth-order valence-corrected chi connectivity index (χ4v) is 1.03. The summed E-state index contributed by atoms with van der Waals surface area (Å²) in [5, 5.41) is 0. The summed E-state index contributed by atoms with van der Waals surface area (Å²) in [5.41, 5.74) is 0. The van der Waals surface area contributed by atoms with Crippen molar-refractivity contribution in [1.82, 2.24) is 0 Å². The van der Waals surface area contributed by atoms with Gasteiger partial charge >= 0.3 is 0 Å². The monoisotopic (exact) mass is 115 g/mol. The predicted octanol–water partition coefficient (Wildman–Crippen LogP) is 0.534. The molecule has 0 saturated carbocycles. The first-order valence-corrected chi connectivity index (χ1v) is 2.98. The lowest BCUT2D eigenvalue weighted by molar-refractivity contribution is -0.108. The van der Waals surface area contributed by atoms with Gasteiger partial charge in [0.25, 0.3) is 0 Å². The van der Waals surface area contributed by atoms with Crippen LogP contribution in [0.2, 0.25) is 0 Å². The molecular weight excluding hydrogens is 110 g/mol. The molecule has 0 fully saturated rings. The third-order valence-electron chi connectivity index (χ3n) is 0.769. The van der Waals surface area contributed by atoms with Crippen LogP contribution in [-0.2, 0) is 4.79 Å². The molecule has 1 aliphatic heterocycles. The average Bonchev–Trinajstić information content (AvgIpc) is 2.14. The second-order valence-electron chi connectivity index (χ2n) is 1.35. The van der Waals surface area contributed by atoms with Gasteiger partial charge in [0.2, 0.25) is 0 Å². The summed E-state index contributed by atoms with van der Waals surface area (Å²) in [5.74, 6) is 0.925. The van der Waals surface area contributed by atoms with Crippen molar-refractivity contribution in [2.75, 3.05) is 5.75 Å². The van der Waals surface area contributed by atoms with Crippen LogP contribution >= 0.6 is 11.9 Å². The smallest absolute Gasteiger partial charge is 0.129 e. The zero-order valence-electron chi connectivity index (χ0n) is 3.70. The van der Waals surface area contributed by atoms with E-state index in [0.717, 1.165) is 12.0 Å². The Morgan fingerprint density at radius 2 is 2.86 bits per heavy atom. The molecule has 0 aliphatic carbocycles. The topological polar surface area (TPSA) is 29.4 Å². The van der Waals surface area contributed by atoms with Gasteiger partial charge in [0.15, 0.2) is 0 Å². The van der Waals surface area contributed by atoms with E-state index in [4.69, 9.17) is 0 Å². The number of aldehydes is 1. The van der Waals surface area contributed by atoms with Crippen molar-refractivity contribution in [2.24, 2.45) is 10.3 Å². The van der Waals surface area contributed by atoms with E-state index in [2.05, 4.69) is 4.40 Å². The lowest BCUT2D eigenvalue weighted by Gasteiger charge is -1.84. The summed E-state index contributed by atoms with van der Waals surface area (Å²) in [6.07, 6.45) is 2.60. The molecule has 0 radical (unpaired) electrons. The molecular formula is C4H5NOS. The lowest BCUT2D eigenvalue weighted by atomic mass is 10.2. The van der Waals surface area contributed by atoms with Gasteiger partial charge in [0, 0.05) is 12.0 Å². The SMILES string of the molecule is O=CC1C=NSC1. The van der Waals surface area contributed by atoms with Gasteiger partial charge in [-0.3, -0.25) is 0 Å². The minimum atomic E-state index is 0.0880. The summed E-state index contributed by atoms with van der Waals surface area (Å²) < 4.78 is 3.80. The third kappa shape index (κ3) is 1.03. The first-order chi connectivity index (χ1) is 3.43. The highest BCUT2D eigenvalue weighted by Gasteiger charge is 2.07. The van der Waals surface area contributed by atoms with E-state index in [1.54, 1.807) is 6.21 Å². The molecule has 1 aliphatic rings. The molecule has 0 amide bonds. The molecule has 0 spiro atoms. The van der Waals surface area contributed by atoms with Gasteiger partial charge in [0.05, 0.1) is 5.92 Å². The minimum Gasteiger partial charge on any atom is -0.303 e. The first kappa shape index (κ1) is 4.84. The van der Waals surface area contributed by atoms with Crippen LogP contribution in [0, 0.1) is 5.92 Å². The summed E-state index contributed by atoms with van der Waals surface area (Å²) >= 11 is 1.44. The number of hydrogen-bond donors (Lipinski definition) is 0. The number of nitrogens with zero attached hydrogens (tertiary/aromatic N) is 1. The average molecular weight is 115 g/mol. The molecule has 1 atom stereocenters. The van der Waals surface area contributed by atoms with Crippen molar-refractivity contribution >= 4 is 24.4 Å². The Balaban J connectivity index is 2.42. The van der Waals surface area contributed by atoms with Gasteiger partial charge < -0.3 is 4.79 Å². The van der Waals surface area contributed by atoms with E-state index in [0.29, 0.717) is 0 Å². The van der Waals surface area contributed by atoms with Gasteiger partial charge in [-0.05, 0) is 11.9 Å². The second-order valence-corrected chi connectivity index (χ2v) is 2.15. The Hall–Kier alpha value is -0.310. The molecule has 0 aromatic carbocycles. The summed E-state index contributed by atoms with van der Waals surface area (Å²) in [7, 11) is 0. The first-order valence-electron chi connectivity index (χ1n) is 2.04. The molecule has 3 heteroatoms. The maximum absolute atomic E-state index is 9.90. The van der Waals surface area contributed by atoms with Crippen molar-refractivity contribution in [1.29, 1.82) is 0 Å². The molecule has 38 valence electrons. The zero-order valence-corrected chi connectivity index (χ0v) is 4.52. The second kappa shape index (κ2) is 2.12. The van der Waals surface area contributed by atoms with E-state index < -0.39 is 0 Å². The van der Waals surface area contributed by atoms with Crippen molar-refractivity contribution in [3.05, 3.63) is 0 Å². The van der Waals surface area contributed by atoms with Gasteiger partial charge in [0.1, 0.15) is 6.29 Å². The summed E-state index contributed by atoms with van der Waals surface area (Å²) in [4.78, 5) is 9.90. The van der Waals surface area contributed by atoms with E-state index in [-0.39, 0.29) is 5.92 Å². The summed E-state index contributed by atoms with van der Waals surface area (Å²) in [6.45, 7) is 0. The van der Waals surface area contributed by atoms with Crippen LogP contribution in [0.25, 0.3) is 0 Å². The van der Waals surface area contributed by atoms with Gasteiger partial charge in [-0.1, -0.05) is 0 Å². The van der Waals surface area contributed by atoms with Crippen LogP contribution in [0.1, 0.15) is 0 Å². The van der Waals surface area contributed by atoms with Crippen LogP contribution < -0.4 is 0 Å². The predicted molar refractivity (Wildman–Crippen MR) is 30.5 cm³/mol. The fourth-order valence-electron chi connectivity index (χ4n) is 0.368. The van der Waals surface area contributed by atoms with E-state index in [9.17, 15) is 4.79 Å².